The highest BCUT2D eigenvalue weighted by Crippen LogP contribution is 2.31. The van der Waals surface area contributed by atoms with Crippen LogP contribution in [-0.4, -0.2) is 24.3 Å². The van der Waals surface area contributed by atoms with Gasteiger partial charge in [0.1, 0.15) is 16.5 Å². The molecule has 1 aliphatic heterocycles. The Balaban J connectivity index is 1.51. The summed E-state index contributed by atoms with van der Waals surface area (Å²) in [5.74, 6) is -0.902. The van der Waals surface area contributed by atoms with Crippen LogP contribution in [0, 0.1) is 6.92 Å². The van der Waals surface area contributed by atoms with Crippen molar-refractivity contribution in [2.75, 3.05) is 22.1 Å². The van der Waals surface area contributed by atoms with Gasteiger partial charge in [0.05, 0.1) is 12.3 Å². The van der Waals surface area contributed by atoms with E-state index in [-0.39, 0.29) is 16.6 Å². The van der Waals surface area contributed by atoms with Crippen LogP contribution < -0.4 is 20.3 Å². The number of nitrogens with zero attached hydrogens (tertiary/aromatic N) is 1. The number of benzene rings is 3. The maximum atomic E-state index is 13.0. The van der Waals surface area contributed by atoms with Crippen LogP contribution in [0.2, 0.25) is 0 Å². The third kappa shape index (κ3) is 4.79. The first-order valence-electron chi connectivity index (χ1n) is 10.6. The maximum absolute atomic E-state index is 13.0. The Morgan fingerprint density at radius 2 is 1.65 bits per heavy atom. The number of anilines is 3. The second-order valence-electron chi connectivity index (χ2n) is 7.59. The van der Waals surface area contributed by atoms with E-state index in [4.69, 9.17) is 16.3 Å². The summed E-state index contributed by atoms with van der Waals surface area (Å²) in [5.41, 5.74) is 2.89. The van der Waals surface area contributed by atoms with Gasteiger partial charge in [-0.15, -0.1) is 0 Å². The Morgan fingerprint density at radius 3 is 2.32 bits per heavy atom. The van der Waals surface area contributed by atoms with Gasteiger partial charge in [0.15, 0.2) is 0 Å². The number of carbonyl (C=O) groups excluding carboxylic acids is 3. The van der Waals surface area contributed by atoms with Crippen LogP contribution >= 0.6 is 11.6 Å². The second-order valence-corrected chi connectivity index (χ2v) is 7.97. The van der Waals surface area contributed by atoms with Gasteiger partial charge in [-0.1, -0.05) is 35.4 Å². The smallest absolute Gasteiger partial charge is 0.283 e. The molecule has 2 N–H and O–H groups in total. The van der Waals surface area contributed by atoms with Gasteiger partial charge >= 0.3 is 0 Å². The lowest BCUT2D eigenvalue weighted by Gasteiger charge is -2.16. The molecule has 0 radical (unpaired) electrons. The molecular formula is C26H22ClN3O4. The fourth-order valence-corrected chi connectivity index (χ4v) is 3.64. The summed E-state index contributed by atoms with van der Waals surface area (Å²) >= 11 is 6.22. The van der Waals surface area contributed by atoms with Gasteiger partial charge in [-0.25, -0.2) is 4.90 Å². The van der Waals surface area contributed by atoms with Crippen LogP contribution in [0.4, 0.5) is 17.1 Å². The summed E-state index contributed by atoms with van der Waals surface area (Å²) in [6.45, 7) is 4.33. The highest BCUT2D eigenvalue weighted by Gasteiger charge is 2.39. The fraction of sp³-hybridized carbons (Fsp3) is 0.115. The molecular weight excluding hydrogens is 454 g/mol. The average molecular weight is 476 g/mol. The van der Waals surface area contributed by atoms with Crippen LogP contribution in [0.25, 0.3) is 0 Å². The topological polar surface area (TPSA) is 87.7 Å². The van der Waals surface area contributed by atoms with E-state index in [0.29, 0.717) is 35.0 Å². The lowest BCUT2D eigenvalue weighted by molar-refractivity contribution is -0.120. The van der Waals surface area contributed by atoms with Crippen molar-refractivity contribution in [3.63, 3.8) is 0 Å². The highest BCUT2D eigenvalue weighted by atomic mass is 35.5. The predicted octanol–water partition coefficient (Wildman–Crippen LogP) is 5.08. The van der Waals surface area contributed by atoms with E-state index in [9.17, 15) is 14.4 Å². The minimum absolute atomic E-state index is 0.0587. The van der Waals surface area contributed by atoms with Gasteiger partial charge < -0.3 is 15.4 Å². The minimum Gasteiger partial charge on any atom is -0.494 e. The van der Waals surface area contributed by atoms with Crippen LogP contribution in [-0.2, 0) is 9.59 Å². The molecule has 1 heterocycles. The summed E-state index contributed by atoms with van der Waals surface area (Å²) in [6, 6.07) is 20.6. The normalized spacial score (nSPS) is 13.3. The van der Waals surface area contributed by atoms with Gasteiger partial charge in [0.2, 0.25) is 0 Å². The lowest BCUT2D eigenvalue weighted by atomic mass is 10.1. The maximum Gasteiger partial charge on any atom is 0.283 e. The van der Waals surface area contributed by atoms with Crippen LogP contribution in [0.3, 0.4) is 0 Å². The summed E-state index contributed by atoms with van der Waals surface area (Å²) < 4.78 is 5.40. The Morgan fingerprint density at radius 1 is 0.941 bits per heavy atom. The molecule has 7 nitrogen and oxygen atoms in total. The molecule has 4 rings (SSSR count). The molecule has 0 fully saturated rings. The molecule has 0 saturated heterocycles. The molecule has 0 atom stereocenters. The van der Waals surface area contributed by atoms with E-state index >= 15 is 0 Å². The van der Waals surface area contributed by atoms with E-state index in [1.807, 2.05) is 38.1 Å². The molecule has 0 spiro atoms. The Labute approximate surface area is 202 Å². The molecule has 3 aromatic carbocycles. The van der Waals surface area contributed by atoms with E-state index < -0.39 is 11.8 Å². The largest absolute Gasteiger partial charge is 0.494 e. The first-order valence-corrected chi connectivity index (χ1v) is 11.0. The quantitative estimate of drug-likeness (QED) is 0.465. The summed E-state index contributed by atoms with van der Waals surface area (Å²) in [4.78, 5) is 39.4. The van der Waals surface area contributed by atoms with E-state index in [1.54, 1.807) is 48.5 Å². The van der Waals surface area contributed by atoms with Crippen molar-refractivity contribution in [2.45, 2.75) is 13.8 Å². The first kappa shape index (κ1) is 23.1. The van der Waals surface area contributed by atoms with Crippen LogP contribution in [0.15, 0.2) is 83.5 Å². The van der Waals surface area contributed by atoms with Gasteiger partial charge in [0.25, 0.3) is 17.7 Å². The number of ether oxygens (including phenoxy) is 1. The zero-order valence-corrected chi connectivity index (χ0v) is 19.3. The third-order valence-corrected chi connectivity index (χ3v) is 5.49. The third-order valence-electron chi connectivity index (χ3n) is 5.14. The molecule has 3 aromatic rings. The predicted molar refractivity (Wildman–Crippen MR) is 132 cm³/mol. The van der Waals surface area contributed by atoms with Gasteiger partial charge in [-0.2, -0.15) is 0 Å². The van der Waals surface area contributed by atoms with Crippen molar-refractivity contribution in [2.24, 2.45) is 0 Å². The molecule has 3 amide bonds. The number of nitrogens with one attached hydrogen (secondary N) is 2. The van der Waals surface area contributed by atoms with E-state index in [0.717, 1.165) is 10.5 Å². The number of amides is 3. The van der Waals surface area contributed by atoms with Crippen molar-refractivity contribution in [3.05, 3.63) is 94.7 Å². The molecule has 0 aliphatic carbocycles. The van der Waals surface area contributed by atoms with E-state index in [2.05, 4.69) is 10.6 Å². The zero-order valence-electron chi connectivity index (χ0n) is 18.6. The summed E-state index contributed by atoms with van der Waals surface area (Å²) in [7, 11) is 0. The van der Waals surface area contributed by atoms with E-state index in [1.165, 1.54) is 0 Å². The molecule has 8 heteroatoms. The molecule has 0 unspecified atom stereocenters. The standard InChI is InChI=1S/C26H22ClN3O4/c1-3-34-21-13-11-20(12-14-21)30-25(32)22(27)23(26(30)33)28-19-6-4-5-17(15-19)24(31)29-18-9-7-16(2)8-10-18/h4-15,28H,3H2,1-2H3,(H,29,31). The molecule has 34 heavy (non-hydrogen) atoms. The first-order chi connectivity index (χ1) is 16.4. The molecule has 172 valence electrons. The number of hydrogen-bond acceptors (Lipinski definition) is 5. The minimum atomic E-state index is -0.633. The number of carbonyl (C=O) groups is 3. The summed E-state index contributed by atoms with van der Waals surface area (Å²) in [6.07, 6.45) is 0. The molecule has 0 bridgehead atoms. The number of halogens is 1. The highest BCUT2D eigenvalue weighted by molar-refractivity contribution is 6.53. The lowest BCUT2D eigenvalue weighted by Crippen LogP contribution is -2.32. The Bertz CT molecular complexity index is 1280. The van der Waals surface area contributed by atoms with Gasteiger partial charge in [0, 0.05) is 16.9 Å². The molecule has 1 aliphatic rings. The van der Waals surface area contributed by atoms with Crippen molar-refractivity contribution in [3.8, 4) is 5.75 Å². The monoisotopic (exact) mass is 475 g/mol. The number of aryl methyl sites for hydroxylation is 1. The fourth-order valence-electron chi connectivity index (χ4n) is 3.43. The average Bonchev–Trinajstić information content (AvgIpc) is 3.04. The zero-order chi connectivity index (χ0) is 24.2. The second kappa shape index (κ2) is 9.80. The number of rotatable bonds is 7. The molecule has 0 saturated carbocycles. The van der Waals surface area contributed by atoms with Gasteiger partial charge in [-0.3, -0.25) is 14.4 Å². The van der Waals surface area contributed by atoms with Crippen molar-refractivity contribution in [1.29, 1.82) is 0 Å². The van der Waals surface area contributed by atoms with Crippen molar-refractivity contribution in [1.82, 2.24) is 0 Å². The van der Waals surface area contributed by atoms with Crippen molar-refractivity contribution < 1.29 is 19.1 Å². The number of hydrogen-bond donors (Lipinski definition) is 2. The Kier molecular flexibility index (Phi) is 6.65. The van der Waals surface area contributed by atoms with Crippen LogP contribution in [0.5, 0.6) is 5.75 Å². The summed E-state index contributed by atoms with van der Waals surface area (Å²) in [5, 5.41) is 5.50. The number of imide groups is 1. The van der Waals surface area contributed by atoms with Crippen LogP contribution in [0.1, 0.15) is 22.8 Å². The SMILES string of the molecule is CCOc1ccc(N2C(=O)C(Cl)=C(Nc3cccc(C(=O)Nc4ccc(C)cc4)c3)C2=O)cc1. The van der Waals surface area contributed by atoms with Crippen molar-refractivity contribution >= 4 is 46.4 Å². The Hall–Kier alpha value is -4.10. The van der Waals surface area contributed by atoms with Gasteiger partial charge in [-0.05, 0) is 68.4 Å². The molecule has 0 aromatic heterocycles.